The van der Waals surface area contributed by atoms with E-state index in [1.165, 1.54) is 6.42 Å². The summed E-state index contributed by atoms with van der Waals surface area (Å²) >= 11 is 0. The first-order valence-electron chi connectivity index (χ1n) is 5.50. The minimum absolute atomic E-state index is 0.659. The fourth-order valence-electron chi connectivity index (χ4n) is 1.22. The van der Waals surface area contributed by atoms with Crippen LogP contribution in [0.4, 0.5) is 0 Å². The van der Waals surface area contributed by atoms with E-state index in [0.29, 0.717) is 11.8 Å². The SMILES string of the molecule is CCCNCC(COCC)C(C)C. The quantitative estimate of drug-likeness (QED) is 0.589. The Labute approximate surface area is 83.1 Å². The topological polar surface area (TPSA) is 21.3 Å². The number of ether oxygens (including phenoxy) is 1. The summed E-state index contributed by atoms with van der Waals surface area (Å²) in [5.41, 5.74) is 0. The van der Waals surface area contributed by atoms with E-state index in [2.05, 4.69) is 33.0 Å². The molecule has 0 spiro atoms. The highest BCUT2D eigenvalue weighted by atomic mass is 16.5. The van der Waals surface area contributed by atoms with E-state index in [1.54, 1.807) is 0 Å². The molecular weight excluding hydrogens is 162 g/mol. The van der Waals surface area contributed by atoms with Gasteiger partial charge in [-0.1, -0.05) is 20.8 Å². The number of nitrogens with one attached hydrogen (secondary N) is 1. The lowest BCUT2D eigenvalue weighted by Gasteiger charge is -2.20. The van der Waals surface area contributed by atoms with Crippen LogP contribution in [0.3, 0.4) is 0 Å². The number of rotatable bonds is 8. The van der Waals surface area contributed by atoms with Crippen molar-refractivity contribution in [2.45, 2.75) is 34.1 Å². The molecule has 1 atom stereocenters. The average molecular weight is 187 g/mol. The Bertz CT molecular complexity index is 104. The second kappa shape index (κ2) is 8.52. The van der Waals surface area contributed by atoms with Crippen LogP contribution in [0.25, 0.3) is 0 Å². The van der Waals surface area contributed by atoms with E-state index in [-0.39, 0.29) is 0 Å². The largest absolute Gasteiger partial charge is 0.381 e. The van der Waals surface area contributed by atoms with Crippen LogP contribution in [-0.4, -0.2) is 26.3 Å². The van der Waals surface area contributed by atoms with Gasteiger partial charge in [0.1, 0.15) is 0 Å². The molecule has 0 aliphatic rings. The smallest absolute Gasteiger partial charge is 0.0508 e. The Morgan fingerprint density at radius 3 is 2.38 bits per heavy atom. The summed E-state index contributed by atoms with van der Waals surface area (Å²) in [6.45, 7) is 12.7. The molecule has 0 radical (unpaired) electrons. The molecule has 0 aromatic heterocycles. The van der Waals surface area contributed by atoms with Gasteiger partial charge in [-0.05, 0) is 31.7 Å². The molecule has 80 valence electrons. The molecule has 2 heteroatoms. The first-order valence-corrected chi connectivity index (χ1v) is 5.50. The second-order valence-electron chi connectivity index (χ2n) is 3.87. The first-order chi connectivity index (χ1) is 6.22. The molecule has 0 aliphatic carbocycles. The summed E-state index contributed by atoms with van der Waals surface area (Å²) in [5.74, 6) is 1.36. The first kappa shape index (κ1) is 12.9. The molecule has 0 heterocycles. The van der Waals surface area contributed by atoms with Crippen LogP contribution in [0.15, 0.2) is 0 Å². The van der Waals surface area contributed by atoms with E-state index in [1.807, 2.05) is 0 Å². The Kier molecular flexibility index (Phi) is 8.46. The molecule has 2 nitrogen and oxygen atoms in total. The monoisotopic (exact) mass is 187 g/mol. The maximum Gasteiger partial charge on any atom is 0.0508 e. The highest BCUT2D eigenvalue weighted by Gasteiger charge is 2.12. The van der Waals surface area contributed by atoms with Gasteiger partial charge in [-0.15, -0.1) is 0 Å². The summed E-state index contributed by atoms with van der Waals surface area (Å²) in [6, 6.07) is 0. The number of hydrogen-bond acceptors (Lipinski definition) is 2. The van der Waals surface area contributed by atoms with Gasteiger partial charge in [0.25, 0.3) is 0 Å². The van der Waals surface area contributed by atoms with Crippen LogP contribution in [0, 0.1) is 11.8 Å². The van der Waals surface area contributed by atoms with Crippen molar-refractivity contribution in [2.24, 2.45) is 11.8 Å². The molecule has 0 aliphatic heterocycles. The minimum atomic E-state index is 0.659. The fourth-order valence-corrected chi connectivity index (χ4v) is 1.22. The van der Waals surface area contributed by atoms with E-state index in [0.717, 1.165) is 26.3 Å². The van der Waals surface area contributed by atoms with E-state index in [4.69, 9.17) is 4.74 Å². The molecule has 0 saturated carbocycles. The van der Waals surface area contributed by atoms with Crippen molar-refractivity contribution in [2.75, 3.05) is 26.3 Å². The predicted octanol–water partition coefficient (Wildman–Crippen LogP) is 2.29. The Hall–Kier alpha value is -0.0800. The second-order valence-corrected chi connectivity index (χ2v) is 3.87. The summed E-state index contributed by atoms with van der Waals surface area (Å²) < 4.78 is 5.45. The maximum atomic E-state index is 5.45. The van der Waals surface area contributed by atoms with E-state index in [9.17, 15) is 0 Å². The lowest BCUT2D eigenvalue weighted by Crippen LogP contribution is -2.30. The third-order valence-electron chi connectivity index (χ3n) is 2.31. The summed E-state index contributed by atoms with van der Waals surface area (Å²) in [7, 11) is 0. The third kappa shape index (κ3) is 7.03. The van der Waals surface area contributed by atoms with Crippen LogP contribution in [0.5, 0.6) is 0 Å². The molecule has 0 rings (SSSR count). The molecule has 0 amide bonds. The van der Waals surface area contributed by atoms with Crippen molar-refractivity contribution in [1.29, 1.82) is 0 Å². The maximum absolute atomic E-state index is 5.45. The zero-order valence-corrected chi connectivity index (χ0v) is 9.60. The fraction of sp³-hybridized carbons (Fsp3) is 1.00. The Balaban J connectivity index is 3.54. The van der Waals surface area contributed by atoms with Crippen molar-refractivity contribution in [1.82, 2.24) is 5.32 Å². The summed E-state index contributed by atoms with van der Waals surface area (Å²) in [4.78, 5) is 0. The van der Waals surface area contributed by atoms with E-state index >= 15 is 0 Å². The Morgan fingerprint density at radius 2 is 1.92 bits per heavy atom. The van der Waals surface area contributed by atoms with Crippen LogP contribution in [0.1, 0.15) is 34.1 Å². The Morgan fingerprint density at radius 1 is 1.23 bits per heavy atom. The normalized spacial score (nSPS) is 13.6. The van der Waals surface area contributed by atoms with Crippen LogP contribution < -0.4 is 5.32 Å². The highest BCUT2D eigenvalue weighted by molar-refractivity contribution is 4.65. The van der Waals surface area contributed by atoms with Gasteiger partial charge in [0.2, 0.25) is 0 Å². The molecule has 0 bridgehead atoms. The van der Waals surface area contributed by atoms with Gasteiger partial charge < -0.3 is 10.1 Å². The van der Waals surface area contributed by atoms with Crippen LogP contribution in [0.2, 0.25) is 0 Å². The molecule has 0 fully saturated rings. The average Bonchev–Trinajstić information content (AvgIpc) is 2.10. The predicted molar refractivity (Wildman–Crippen MR) is 58.0 cm³/mol. The summed E-state index contributed by atoms with van der Waals surface area (Å²) in [6.07, 6.45) is 1.21. The van der Waals surface area contributed by atoms with Crippen LogP contribution in [-0.2, 0) is 4.74 Å². The van der Waals surface area contributed by atoms with Crippen molar-refractivity contribution >= 4 is 0 Å². The van der Waals surface area contributed by atoms with Gasteiger partial charge in [0.15, 0.2) is 0 Å². The van der Waals surface area contributed by atoms with Gasteiger partial charge in [0, 0.05) is 13.2 Å². The zero-order chi connectivity index (χ0) is 10.1. The van der Waals surface area contributed by atoms with Gasteiger partial charge in [-0.25, -0.2) is 0 Å². The molecule has 0 aromatic carbocycles. The van der Waals surface area contributed by atoms with Gasteiger partial charge in [-0.2, -0.15) is 0 Å². The van der Waals surface area contributed by atoms with Gasteiger partial charge in [0.05, 0.1) is 6.61 Å². The van der Waals surface area contributed by atoms with Crippen molar-refractivity contribution in [3.05, 3.63) is 0 Å². The van der Waals surface area contributed by atoms with Gasteiger partial charge in [-0.3, -0.25) is 0 Å². The van der Waals surface area contributed by atoms with Crippen LogP contribution >= 0.6 is 0 Å². The molecule has 1 unspecified atom stereocenters. The zero-order valence-electron chi connectivity index (χ0n) is 9.60. The van der Waals surface area contributed by atoms with Gasteiger partial charge >= 0.3 is 0 Å². The number of hydrogen-bond donors (Lipinski definition) is 1. The molecule has 0 aromatic rings. The summed E-state index contributed by atoms with van der Waals surface area (Å²) in [5, 5.41) is 3.45. The van der Waals surface area contributed by atoms with Crippen molar-refractivity contribution < 1.29 is 4.74 Å². The molecular formula is C11H25NO. The lowest BCUT2D eigenvalue weighted by atomic mass is 9.97. The van der Waals surface area contributed by atoms with Crippen molar-refractivity contribution in [3.63, 3.8) is 0 Å². The standard InChI is InChI=1S/C11H25NO/c1-5-7-12-8-11(10(3)4)9-13-6-2/h10-12H,5-9H2,1-4H3. The lowest BCUT2D eigenvalue weighted by molar-refractivity contribution is 0.0921. The molecule has 13 heavy (non-hydrogen) atoms. The highest BCUT2D eigenvalue weighted by Crippen LogP contribution is 2.09. The van der Waals surface area contributed by atoms with E-state index < -0.39 is 0 Å². The minimum Gasteiger partial charge on any atom is -0.381 e. The van der Waals surface area contributed by atoms with Crippen molar-refractivity contribution in [3.8, 4) is 0 Å². The third-order valence-corrected chi connectivity index (χ3v) is 2.31. The molecule has 0 saturated heterocycles. The molecule has 1 N–H and O–H groups in total.